The first kappa shape index (κ1) is 19.2. The van der Waals surface area contributed by atoms with Gasteiger partial charge < -0.3 is 10.1 Å². The second kappa shape index (κ2) is 7.38. The van der Waals surface area contributed by atoms with Gasteiger partial charge in [-0.05, 0) is 26.3 Å². The summed E-state index contributed by atoms with van der Waals surface area (Å²) in [5, 5.41) is 16.4. The summed E-state index contributed by atoms with van der Waals surface area (Å²) in [7, 11) is 5.48. The highest BCUT2D eigenvalue weighted by molar-refractivity contribution is 5.44. The summed E-state index contributed by atoms with van der Waals surface area (Å²) in [5.41, 5.74) is 4.51. The van der Waals surface area contributed by atoms with E-state index in [0.717, 1.165) is 29.1 Å². The van der Waals surface area contributed by atoms with Crippen molar-refractivity contribution in [3.05, 3.63) is 51.3 Å². The second-order valence-corrected chi connectivity index (χ2v) is 7.78. The predicted octanol–water partition coefficient (Wildman–Crippen LogP) is 1.66. The van der Waals surface area contributed by atoms with Crippen LogP contribution >= 0.6 is 0 Å². The van der Waals surface area contributed by atoms with Crippen molar-refractivity contribution in [2.75, 3.05) is 11.9 Å². The Balaban J connectivity index is 1.41. The number of anilines is 1. The number of nitrogens with zero attached hydrogens (tertiary/aromatic N) is 6. The topological polar surface area (TPSA) is 91.8 Å². The molecule has 1 aliphatic rings. The van der Waals surface area contributed by atoms with Crippen molar-refractivity contribution in [3.8, 4) is 5.88 Å². The Morgan fingerprint density at radius 1 is 1.17 bits per heavy atom. The number of nitrogens with one attached hydrogen (secondary N) is 1. The number of aryl methyl sites for hydroxylation is 4. The van der Waals surface area contributed by atoms with Crippen molar-refractivity contribution < 1.29 is 4.74 Å². The molecule has 0 saturated heterocycles. The standard InChI is InChI=1S/C20H27N7O2/c1-12-16(13(2)26(4)22-12)10-21-18-9-19(24-27(5)20(18)28)29-11-14-8-15(14)17-6-7-25(3)23-17/h6-7,9,14-15,21H,8,10-11H2,1-5H3/t14-,15+/m1/s1. The van der Waals surface area contributed by atoms with Crippen LogP contribution in [0.2, 0.25) is 0 Å². The van der Waals surface area contributed by atoms with Gasteiger partial charge in [0.15, 0.2) is 0 Å². The largest absolute Gasteiger partial charge is 0.476 e. The molecular formula is C20H27N7O2. The molecule has 0 aliphatic heterocycles. The van der Waals surface area contributed by atoms with Crippen LogP contribution in [0.5, 0.6) is 5.88 Å². The highest BCUT2D eigenvalue weighted by Crippen LogP contribution is 2.46. The summed E-state index contributed by atoms with van der Waals surface area (Å²) in [4.78, 5) is 12.5. The third kappa shape index (κ3) is 3.90. The van der Waals surface area contributed by atoms with E-state index >= 15 is 0 Å². The SMILES string of the molecule is Cc1nn(C)c(C)c1CNc1cc(OC[C@H]2C[C@@H]2c2ccn(C)n2)nn(C)c1=O. The lowest BCUT2D eigenvalue weighted by Gasteiger charge is -2.11. The Morgan fingerprint density at radius 3 is 2.62 bits per heavy atom. The third-order valence-corrected chi connectivity index (χ3v) is 5.64. The first-order valence-electron chi connectivity index (χ1n) is 9.77. The minimum atomic E-state index is -0.186. The van der Waals surface area contributed by atoms with Gasteiger partial charge in [-0.2, -0.15) is 10.2 Å². The smallest absolute Gasteiger partial charge is 0.290 e. The van der Waals surface area contributed by atoms with E-state index in [9.17, 15) is 4.79 Å². The summed E-state index contributed by atoms with van der Waals surface area (Å²) in [5.74, 6) is 1.32. The van der Waals surface area contributed by atoms with Gasteiger partial charge in [0.05, 0.1) is 18.0 Å². The lowest BCUT2D eigenvalue weighted by molar-refractivity contribution is 0.278. The normalized spacial score (nSPS) is 18.1. The Hall–Kier alpha value is -3.10. The van der Waals surface area contributed by atoms with Crippen LogP contribution in [0.1, 0.15) is 35.0 Å². The second-order valence-electron chi connectivity index (χ2n) is 7.78. The fraction of sp³-hybridized carbons (Fsp3) is 0.500. The van der Waals surface area contributed by atoms with Crippen molar-refractivity contribution in [2.45, 2.75) is 32.7 Å². The van der Waals surface area contributed by atoms with Gasteiger partial charge in [-0.15, -0.1) is 5.10 Å². The van der Waals surface area contributed by atoms with Gasteiger partial charge in [-0.3, -0.25) is 14.2 Å². The van der Waals surface area contributed by atoms with E-state index in [1.165, 1.54) is 4.68 Å². The van der Waals surface area contributed by atoms with Gasteiger partial charge in [-0.1, -0.05) is 0 Å². The molecule has 0 radical (unpaired) electrons. The quantitative estimate of drug-likeness (QED) is 0.652. The Bertz CT molecular complexity index is 1090. The van der Waals surface area contributed by atoms with E-state index in [2.05, 4.69) is 26.7 Å². The van der Waals surface area contributed by atoms with Crippen molar-refractivity contribution in [1.82, 2.24) is 29.3 Å². The van der Waals surface area contributed by atoms with Crippen LogP contribution in [0.15, 0.2) is 23.1 Å². The summed E-state index contributed by atoms with van der Waals surface area (Å²) >= 11 is 0. The molecule has 3 heterocycles. The maximum Gasteiger partial charge on any atom is 0.290 e. The maximum atomic E-state index is 12.5. The molecule has 2 atom stereocenters. The zero-order chi connectivity index (χ0) is 20.7. The van der Waals surface area contributed by atoms with E-state index in [1.54, 1.807) is 13.1 Å². The minimum absolute atomic E-state index is 0.186. The highest BCUT2D eigenvalue weighted by Gasteiger charge is 2.40. The van der Waals surface area contributed by atoms with Gasteiger partial charge >= 0.3 is 0 Å². The van der Waals surface area contributed by atoms with Gasteiger partial charge in [0, 0.05) is 63.0 Å². The van der Waals surface area contributed by atoms with Gasteiger partial charge in [0.25, 0.3) is 5.56 Å². The summed E-state index contributed by atoms with van der Waals surface area (Å²) in [6.07, 6.45) is 3.02. The molecule has 4 rings (SSSR count). The van der Waals surface area contributed by atoms with Crippen LogP contribution in [0.3, 0.4) is 0 Å². The Labute approximate surface area is 169 Å². The average Bonchev–Trinajstić information content (AvgIpc) is 3.26. The zero-order valence-corrected chi connectivity index (χ0v) is 17.5. The number of rotatable bonds is 7. The molecule has 29 heavy (non-hydrogen) atoms. The van der Waals surface area contributed by atoms with Gasteiger partial charge in [0.1, 0.15) is 5.69 Å². The summed E-state index contributed by atoms with van der Waals surface area (Å²) in [6.45, 7) is 5.07. The number of hydrogen-bond donors (Lipinski definition) is 1. The first-order chi connectivity index (χ1) is 13.8. The van der Waals surface area contributed by atoms with Crippen LogP contribution in [0.25, 0.3) is 0 Å². The van der Waals surface area contributed by atoms with E-state index < -0.39 is 0 Å². The zero-order valence-electron chi connectivity index (χ0n) is 17.5. The molecule has 1 fully saturated rings. The molecule has 154 valence electrons. The molecule has 3 aromatic rings. The summed E-state index contributed by atoms with van der Waals surface area (Å²) in [6, 6.07) is 3.74. The minimum Gasteiger partial charge on any atom is -0.476 e. The molecule has 1 aliphatic carbocycles. The fourth-order valence-corrected chi connectivity index (χ4v) is 3.65. The van der Waals surface area contributed by atoms with Crippen LogP contribution < -0.4 is 15.6 Å². The van der Waals surface area contributed by atoms with E-state index in [1.807, 2.05) is 43.5 Å². The van der Waals surface area contributed by atoms with E-state index in [0.29, 0.717) is 36.6 Å². The van der Waals surface area contributed by atoms with Crippen molar-refractivity contribution in [1.29, 1.82) is 0 Å². The van der Waals surface area contributed by atoms with Crippen LogP contribution in [0.4, 0.5) is 5.69 Å². The monoisotopic (exact) mass is 397 g/mol. The van der Waals surface area contributed by atoms with Crippen molar-refractivity contribution in [2.24, 2.45) is 27.1 Å². The highest BCUT2D eigenvalue weighted by atomic mass is 16.5. The molecule has 0 unspecified atom stereocenters. The number of aromatic nitrogens is 6. The van der Waals surface area contributed by atoms with Crippen molar-refractivity contribution >= 4 is 5.69 Å². The molecule has 3 aromatic heterocycles. The molecule has 9 heteroatoms. The van der Waals surface area contributed by atoms with Crippen LogP contribution in [-0.4, -0.2) is 35.9 Å². The first-order valence-corrected chi connectivity index (χ1v) is 9.77. The molecule has 0 aromatic carbocycles. The maximum absolute atomic E-state index is 12.5. The number of ether oxygens (including phenoxy) is 1. The molecule has 0 bridgehead atoms. The third-order valence-electron chi connectivity index (χ3n) is 5.64. The van der Waals surface area contributed by atoms with Gasteiger partial charge in [-0.25, -0.2) is 4.68 Å². The average molecular weight is 397 g/mol. The van der Waals surface area contributed by atoms with Crippen LogP contribution in [-0.2, 0) is 27.7 Å². The summed E-state index contributed by atoms with van der Waals surface area (Å²) < 4.78 is 10.9. The molecule has 9 nitrogen and oxygen atoms in total. The lowest BCUT2D eigenvalue weighted by atomic mass is 10.2. The number of hydrogen-bond acceptors (Lipinski definition) is 6. The Kier molecular flexibility index (Phi) is 4.89. The lowest BCUT2D eigenvalue weighted by Crippen LogP contribution is -2.24. The molecule has 0 spiro atoms. The van der Waals surface area contributed by atoms with Crippen molar-refractivity contribution in [3.63, 3.8) is 0 Å². The molecule has 1 N–H and O–H groups in total. The molecule has 1 saturated carbocycles. The molecular weight excluding hydrogens is 370 g/mol. The van der Waals surface area contributed by atoms with Gasteiger partial charge in [0.2, 0.25) is 5.88 Å². The fourth-order valence-electron chi connectivity index (χ4n) is 3.65. The Morgan fingerprint density at radius 2 is 1.97 bits per heavy atom. The van der Waals surface area contributed by atoms with Crippen LogP contribution in [0, 0.1) is 19.8 Å². The molecule has 0 amide bonds. The van der Waals surface area contributed by atoms with E-state index in [4.69, 9.17) is 4.74 Å². The van der Waals surface area contributed by atoms with E-state index in [-0.39, 0.29) is 5.56 Å². The predicted molar refractivity (Wildman–Crippen MR) is 109 cm³/mol.